The van der Waals surface area contributed by atoms with Crippen LogP contribution in [0.15, 0.2) is 36.5 Å². The first-order valence-corrected chi connectivity index (χ1v) is 9.66. The van der Waals surface area contributed by atoms with Crippen molar-refractivity contribution in [2.45, 2.75) is 19.6 Å². The van der Waals surface area contributed by atoms with Crippen LogP contribution in [0.3, 0.4) is 0 Å². The molecule has 3 heterocycles. The Morgan fingerprint density at radius 1 is 1.34 bits per heavy atom. The molecule has 10 heteroatoms. The Morgan fingerprint density at radius 3 is 2.88 bits per heavy atom. The Labute approximate surface area is 180 Å². The van der Waals surface area contributed by atoms with Crippen molar-refractivity contribution < 1.29 is 27.5 Å². The standard InChI is InChI=1S/C22H19F3N4O3/c1-12-14-4-3-5-15(22(23,24)25)20(14)27-16(12)10-29(2)19(31)7-6-13-8-17-21(26-9-13)28-18(30)11-32-17/h3-9,27H,10-11H2,1-2H3,(H,26,28,30). The number of halogens is 3. The predicted octanol–water partition coefficient (Wildman–Crippen LogP) is 3.89. The van der Waals surface area contributed by atoms with Gasteiger partial charge in [0.25, 0.3) is 5.91 Å². The highest BCUT2D eigenvalue weighted by atomic mass is 19.4. The second-order valence-corrected chi connectivity index (χ2v) is 7.43. The van der Waals surface area contributed by atoms with Crippen LogP contribution < -0.4 is 10.1 Å². The van der Waals surface area contributed by atoms with E-state index in [1.54, 1.807) is 32.2 Å². The van der Waals surface area contributed by atoms with Gasteiger partial charge in [0.1, 0.15) is 0 Å². The van der Waals surface area contributed by atoms with E-state index in [9.17, 15) is 22.8 Å². The molecular weight excluding hydrogens is 425 g/mol. The van der Waals surface area contributed by atoms with Crippen LogP contribution in [0.1, 0.15) is 22.4 Å². The van der Waals surface area contributed by atoms with Crippen LogP contribution in [0, 0.1) is 6.92 Å². The van der Waals surface area contributed by atoms with Crippen molar-refractivity contribution in [1.82, 2.24) is 14.9 Å². The van der Waals surface area contributed by atoms with Gasteiger partial charge in [-0.2, -0.15) is 13.2 Å². The van der Waals surface area contributed by atoms with Crippen molar-refractivity contribution >= 4 is 34.6 Å². The van der Waals surface area contributed by atoms with E-state index in [4.69, 9.17) is 4.74 Å². The van der Waals surface area contributed by atoms with Crippen LogP contribution in [0.2, 0.25) is 0 Å². The average Bonchev–Trinajstić information content (AvgIpc) is 3.06. The minimum atomic E-state index is -4.48. The molecular formula is C22H19F3N4O3. The number of amides is 2. The lowest BCUT2D eigenvalue weighted by molar-refractivity contribution is -0.136. The summed E-state index contributed by atoms with van der Waals surface area (Å²) < 4.78 is 45.2. The number of nitrogens with one attached hydrogen (secondary N) is 2. The molecule has 2 amide bonds. The van der Waals surface area contributed by atoms with Gasteiger partial charge in [-0.3, -0.25) is 9.59 Å². The molecule has 0 atom stereocenters. The number of rotatable bonds is 4. The maximum atomic E-state index is 13.3. The number of carbonyl (C=O) groups is 2. The fourth-order valence-electron chi connectivity index (χ4n) is 3.48. The van der Waals surface area contributed by atoms with E-state index >= 15 is 0 Å². The molecule has 166 valence electrons. The lowest BCUT2D eigenvalue weighted by Gasteiger charge is -2.17. The zero-order valence-corrected chi connectivity index (χ0v) is 17.2. The lowest BCUT2D eigenvalue weighted by atomic mass is 10.1. The number of ether oxygens (including phenoxy) is 1. The molecule has 0 saturated carbocycles. The number of fused-ring (bicyclic) bond motifs is 2. The summed E-state index contributed by atoms with van der Waals surface area (Å²) in [6.07, 6.45) is -0.109. The zero-order chi connectivity index (χ0) is 23.0. The summed E-state index contributed by atoms with van der Waals surface area (Å²) >= 11 is 0. The maximum absolute atomic E-state index is 13.3. The van der Waals surface area contributed by atoms with E-state index in [0.717, 1.165) is 6.07 Å². The summed E-state index contributed by atoms with van der Waals surface area (Å²) in [5, 5.41) is 3.05. The molecule has 0 bridgehead atoms. The minimum Gasteiger partial charge on any atom is -0.480 e. The van der Waals surface area contributed by atoms with Gasteiger partial charge < -0.3 is 19.9 Å². The van der Waals surface area contributed by atoms with Gasteiger partial charge in [-0.05, 0) is 36.3 Å². The van der Waals surface area contributed by atoms with Crippen LogP contribution >= 0.6 is 0 Å². The quantitative estimate of drug-likeness (QED) is 0.598. The number of benzene rings is 1. The van der Waals surface area contributed by atoms with Gasteiger partial charge in [0, 0.05) is 30.4 Å². The van der Waals surface area contributed by atoms with Crippen LogP contribution in [0.4, 0.5) is 19.0 Å². The van der Waals surface area contributed by atoms with Crippen LogP contribution in [-0.4, -0.2) is 40.3 Å². The Balaban J connectivity index is 1.50. The van der Waals surface area contributed by atoms with Gasteiger partial charge in [-0.1, -0.05) is 12.1 Å². The van der Waals surface area contributed by atoms with Crippen molar-refractivity contribution in [1.29, 1.82) is 0 Å². The number of para-hydroxylation sites is 1. The van der Waals surface area contributed by atoms with Crippen molar-refractivity contribution in [2.24, 2.45) is 0 Å². The van der Waals surface area contributed by atoms with E-state index in [2.05, 4.69) is 15.3 Å². The first-order chi connectivity index (χ1) is 15.1. The zero-order valence-electron chi connectivity index (χ0n) is 17.2. The van der Waals surface area contributed by atoms with Crippen molar-refractivity contribution in [2.75, 3.05) is 19.0 Å². The molecule has 4 rings (SSSR count). The number of aryl methyl sites for hydroxylation is 1. The van der Waals surface area contributed by atoms with Gasteiger partial charge >= 0.3 is 6.18 Å². The number of hydrogen-bond donors (Lipinski definition) is 2. The fraction of sp³-hybridized carbons (Fsp3) is 0.227. The highest BCUT2D eigenvalue weighted by Gasteiger charge is 2.33. The molecule has 1 aromatic carbocycles. The summed E-state index contributed by atoms with van der Waals surface area (Å²) in [4.78, 5) is 32.2. The number of carbonyl (C=O) groups excluding carboxylic acids is 2. The average molecular weight is 444 g/mol. The molecule has 0 aliphatic carbocycles. The van der Waals surface area contributed by atoms with E-state index < -0.39 is 11.7 Å². The monoisotopic (exact) mass is 444 g/mol. The number of nitrogens with zero attached hydrogens (tertiary/aromatic N) is 2. The third-order valence-corrected chi connectivity index (χ3v) is 5.18. The Bertz CT molecular complexity index is 1250. The van der Waals surface area contributed by atoms with Gasteiger partial charge in [-0.25, -0.2) is 4.98 Å². The second kappa shape index (κ2) is 8.03. The molecule has 0 spiro atoms. The SMILES string of the molecule is Cc1c(CN(C)C(=O)C=Cc2cnc3c(c2)OCC(=O)N3)[nH]c2c(C(F)(F)F)cccc12. The largest absolute Gasteiger partial charge is 0.480 e. The van der Waals surface area contributed by atoms with E-state index in [0.29, 0.717) is 33.8 Å². The lowest BCUT2D eigenvalue weighted by Crippen LogP contribution is -2.26. The number of likely N-dealkylation sites (N-methyl/N-ethyl adjacent to an activating group) is 1. The molecule has 1 aliphatic rings. The summed E-state index contributed by atoms with van der Waals surface area (Å²) in [7, 11) is 1.56. The molecule has 2 N–H and O–H groups in total. The molecule has 1 aliphatic heterocycles. The molecule has 7 nitrogen and oxygen atoms in total. The normalized spacial score (nSPS) is 13.7. The third-order valence-electron chi connectivity index (χ3n) is 5.18. The summed E-state index contributed by atoms with van der Waals surface area (Å²) in [6, 6.07) is 5.66. The van der Waals surface area contributed by atoms with E-state index in [1.807, 2.05) is 0 Å². The highest BCUT2D eigenvalue weighted by Crippen LogP contribution is 2.36. The number of pyridine rings is 1. The minimum absolute atomic E-state index is 0.0103. The Morgan fingerprint density at radius 2 is 2.12 bits per heavy atom. The highest BCUT2D eigenvalue weighted by molar-refractivity contribution is 5.95. The summed E-state index contributed by atoms with van der Waals surface area (Å²) in [5.74, 6) is 0.0850. The van der Waals surface area contributed by atoms with Crippen molar-refractivity contribution in [3.8, 4) is 5.75 Å². The fourth-order valence-corrected chi connectivity index (χ4v) is 3.48. The van der Waals surface area contributed by atoms with E-state index in [1.165, 1.54) is 23.2 Å². The molecule has 0 saturated heterocycles. The summed E-state index contributed by atoms with van der Waals surface area (Å²) in [6.45, 7) is 1.72. The van der Waals surface area contributed by atoms with Gasteiger partial charge in [0.2, 0.25) is 5.91 Å². The Kier molecular flexibility index (Phi) is 5.37. The third kappa shape index (κ3) is 4.16. The number of aromatic nitrogens is 2. The van der Waals surface area contributed by atoms with Gasteiger partial charge in [0.15, 0.2) is 18.2 Å². The number of hydrogen-bond acceptors (Lipinski definition) is 4. The Hall–Kier alpha value is -3.82. The first kappa shape index (κ1) is 21.4. The number of H-pyrrole nitrogens is 1. The number of aromatic amines is 1. The topological polar surface area (TPSA) is 87.3 Å². The molecule has 0 fully saturated rings. The number of alkyl halides is 3. The molecule has 2 aromatic heterocycles. The maximum Gasteiger partial charge on any atom is 0.418 e. The summed E-state index contributed by atoms with van der Waals surface area (Å²) in [5.41, 5.74) is 1.05. The second-order valence-electron chi connectivity index (χ2n) is 7.43. The molecule has 3 aromatic rings. The van der Waals surface area contributed by atoms with Gasteiger partial charge in [0.05, 0.1) is 17.6 Å². The number of anilines is 1. The van der Waals surface area contributed by atoms with Crippen LogP contribution in [0.5, 0.6) is 5.75 Å². The van der Waals surface area contributed by atoms with Crippen LogP contribution in [-0.2, 0) is 22.3 Å². The van der Waals surface area contributed by atoms with Crippen molar-refractivity contribution in [3.63, 3.8) is 0 Å². The first-order valence-electron chi connectivity index (χ1n) is 9.66. The van der Waals surface area contributed by atoms with E-state index in [-0.39, 0.29) is 30.5 Å². The molecule has 0 radical (unpaired) electrons. The smallest absolute Gasteiger partial charge is 0.418 e. The molecule has 32 heavy (non-hydrogen) atoms. The predicted molar refractivity (Wildman–Crippen MR) is 112 cm³/mol. The molecule has 0 unspecified atom stereocenters. The van der Waals surface area contributed by atoms with Crippen molar-refractivity contribution in [3.05, 3.63) is 58.9 Å². The van der Waals surface area contributed by atoms with Gasteiger partial charge in [-0.15, -0.1) is 0 Å². The van der Waals surface area contributed by atoms with Crippen LogP contribution in [0.25, 0.3) is 17.0 Å².